The summed E-state index contributed by atoms with van der Waals surface area (Å²) in [6.45, 7) is -0.0441. The fourth-order valence-corrected chi connectivity index (χ4v) is 2.89. The molecule has 0 amide bonds. The van der Waals surface area contributed by atoms with Gasteiger partial charge < -0.3 is 52.8 Å². The first-order valence-corrected chi connectivity index (χ1v) is 7.28. The minimum Gasteiger partial charge on any atom is -0.389 e. The van der Waals surface area contributed by atoms with Crippen molar-refractivity contribution in [2.24, 2.45) is 22.9 Å². The smallest absolute Gasteiger partial charge is 0.176 e. The average molecular weight is 338 g/mol. The van der Waals surface area contributed by atoms with Crippen molar-refractivity contribution in [2.75, 3.05) is 6.54 Å². The van der Waals surface area contributed by atoms with Gasteiger partial charge in [0, 0.05) is 18.6 Å². The molecule has 10 heteroatoms. The van der Waals surface area contributed by atoms with Crippen molar-refractivity contribution in [1.82, 2.24) is 0 Å². The molecular formula is C13H30N4O6. The maximum Gasteiger partial charge on any atom is 0.176 e. The highest BCUT2D eigenvalue weighted by molar-refractivity contribution is 4.99. The highest BCUT2D eigenvalue weighted by Gasteiger charge is 2.47. The Labute approximate surface area is 135 Å². The van der Waals surface area contributed by atoms with E-state index in [2.05, 4.69) is 0 Å². The van der Waals surface area contributed by atoms with Crippen LogP contribution in [0.5, 0.6) is 0 Å². The minimum atomic E-state index is -1.31. The molecule has 23 heavy (non-hydrogen) atoms. The summed E-state index contributed by atoms with van der Waals surface area (Å²) in [7, 11) is 0. The van der Waals surface area contributed by atoms with E-state index in [-0.39, 0.29) is 20.4 Å². The molecule has 1 heterocycles. The number of aliphatic hydroxyl groups is 4. The Balaban J connectivity index is 0.00000264. The SMILES string of the molecule is C.NC[C@H]1O[C@H](O[C@H]2[C@H](O)[C@@H](O)[C@H](N)C[C@@H]2N)[C@H](N)[C@@H](O)[C@@H]1O. The lowest BCUT2D eigenvalue weighted by atomic mass is 9.84. The molecule has 2 rings (SSSR count). The Bertz CT molecular complexity index is 376. The summed E-state index contributed by atoms with van der Waals surface area (Å²) in [6, 6.07) is -2.34. The summed E-state index contributed by atoms with van der Waals surface area (Å²) in [5.74, 6) is 0. The zero-order valence-corrected chi connectivity index (χ0v) is 12.1. The van der Waals surface area contributed by atoms with E-state index in [0.29, 0.717) is 0 Å². The Morgan fingerprint density at radius 1 is 0.913 bits per heavy atom. The van der Waals surface area contributed by atoms with E-state index in [1.807, 2.05) is 0 Å². The molecule has 2 aliphatic rings. The van der Waals surface area contributed by atoms with E-state index in [1.54, 1.807) is 0 Å². The van der Waals surface area contributed by atoms with Crippen LogP contribution in [-0.2, 0) is 9.47 Å². The van der Waals surface area contributed by atoms with Crippen LogP contribution in [0.2, 0.25) is 0 Å². The van der Waals surface area contributed by atoms with Crippen LogP contribution >= 0.6 is 0 Å². The molecule has 10 nitrogen and oxygen atoms in total. The van der Waals surface area contributed by atoms with Crippen molar-refractivity contribution in [3.8, 4) is 0 Å². The van der Waals surface area contributed by atoms with Gasteiger partial charge in [0.05, 0.1) is 12.1 Å². The normalized spacial score (nSPS) is 51.1. The van der Waals surface area contributed by atoms with Crippen molar-refractivity contribution < 1.29 is 29.9 Å². The van der Waals surface area contributed by atoms with Crippen LogP contribution in [0.1, 0.15) is 13.8 Å². The predicted octanol–water partition coefficient (Wildman–Crippen LogP) is -4.48. The Morgan fingerprint density at radius 2 is 1.52 bits per heavy atom. The van der Waals surface area contributed by atoms with E-state index < -0.39 is 61.0 Å². The molecule has 0 radical (unpaired) electrons. The van der Waals surface area contributed by atoms with Gasteiger partial charge in [0.2, 0.25) is 0 Å². The molecule has 0 unspecified atom stereocenters. The second-order valence-electron chi connectivity index (χ2n) is 5.98. The van der Waals surface area contributed by atoms with E-state index in [4.69, 9.17) is 32.4 Å². The molecule has 12 N–H and O–H groups in total. The molecule has 0 spiro atoms. The first kappa shape index (κ1) is 20.6. The maximum absolute atomic E-state index is 10.1. The summed E-state index contributed by atoms with van der Waals surface area (Å²) in [6.07, 6.45) is -7.73. The van der Waals surface area contributed by atoms with Crippen LogP contribution in [-0.4, -0.2) is 88.0 Å². The average Bonchev–Trinajstić information content (AvgIpc) is 2.49. The lowest BCUT2D eigenvalue weighted by molar-refractivity contribution is -0.287. The quantitative estimate of drug-likeness (QED) is 0.248. The van der Waals surface area contributed by atoms with E-state index in [0.717, 1.165) is 0 Å². The van der Waals surface area contributed by atoms with Gasteiger partial charge in [-0.1, -0.05) is 7.43 Å². The van der Waals surface area contributed by atoms with E-state index in [1.165, 1.54) is 0 Å². The fourth-order valence-electron chi connectivity index (χ4n) is 2.89. The molecule has 2 fully saturated rings. The third kappa shape index (κ3) is 3.99. The highest BCUT2D eigenvalue weighted by Crippen LogP contribution is 2.26. The van der Waals surface area contributed by atoms with Crippen molar-refractivity contribution in [1.29, 1.82) is 0 Å². The molecule has 0 aromatic rings. The second-order valence-corrected chi connectivity index (χ2v) is 5.98. The standard InChI is InChI=1S/C12H26N4O6.CH4/c13-2-5-8(18)9(19)6(16)12(21-5)22-11-4(15)1-3(14)7(17)10(11)20;/h3-12,17-20H,1-2,13-16H2;1H4/t3-,4+,5-,6-,7+,8-,9-,10-,11-,12-;/m1./s1. The third-order valence-electron chi connectivity index (χ3n) is 4.36. The predicted molar refractivity (Wildman–Crippen MR) is 81.9 cm³/mol. The molecule has 1 saturated carbocycles. The van der Waals surface area contributed by atoms with Crippen LogP contribution in [0.15, 0.2) is 0 Å². The Kier molecular flexibility index (Phi) is 7.29. The molecule has 0 aromatic carbocycles. The molecule has 10 atom stereocenters. The monoisotopic (exact) mass is 338 g/mol. The van der Waals surface area contributed by atoms with Crippen LogP contribution in [0.25, 0.3) is 0 Å². The minimum absolute atomic E-state index is 0. The van der Waals surface area contributed by atoms with Crippen molar-refractivity contribution in [2.45, 2.75) is 74.9 Å². The summed E-state index contributed by atoms with van der Waals surface area (Å²) in [5.41, 5.74) is 22.8. The van der Waals surface area contributed by atoms with Gasteiger partial charge >= 0.3 is 0 Å². The number of ether oxygens (including phenoxy) is 2. The van der Waals surface area contributed by atoms with Gasteiger partial charge in [-0.3, -0.25) is 0 Å². The lowest BCUT2D eigenvalue weighted by Crippen LogP contribution is -2.67. The molecule has 138 valence electrons. The summed E-state index contributed by atoms with van der Waals surface area (Å²) in [5, 5.41) is 39.6. The number of aliphatic hydroxyl groups excluding tert-OH is 4. The van der Waals surface area contributed by atoms with Crippen LogP contribution < -0.4 is 22.9 Å². The van der Waals surface area contributed by atoms with Gasteiger partial charge in [-0.05, 0) is 6.42 Å². The first-order valence-electron chi connectivity index (χ1n) is 7.28. The third-order valence-corrected chi connectivity index (χ3v) is 4.36. The van der Waals surface area contributed by atoms with Gasteiger partial charge in [0.1, 0.15) is 30.5 Å². The molecule has 1 aliphatic heterocycles. The maximum atomic E-state index is 10.1. The first-order chi connectivity index (χ1) is 10.3. The Morgan fingerprint density at radius 3 is 2.09 bits per heavy atom. The van der Waals surface area contributed by atoms with Crippen LogP contribution in [0, 0.1) is 0 Å². The van der Waals surface area contributed by atoms with E-state index in [9.17, 15) is 20.4 Å². The van der Waals surface area contributed by atoms with Crippen LogP contribution in [0.4, 0.5) is 0 Å². The summed E-state index contributed by atoms with van der Waals surface area (Å²) in [4.78, 5) is 0. The second kappa shape index (κ2) is 8.12. The van der Waals surface area contributed by atoms with Crippen molar-refractivity contribution in [3.05, 3.63) is 0 Å². The van der Waals surface area contributed by atoms with Gasteiger partial charge in [0.25, 0.3) is 0 Å². The lowest BCUT2D eigenvalue weighted by Gasteiger charge is -2.45. The molecular weight excluding hydrogens is 308 g/mol. The van der Waals surface area contributed by atoms with E-state index >= 15 is 0 Å². The Hall–Kier alpha value is -0.400. The number of rotatable bonds is 3. The number of hydrogen-bond donors (Lipinski definition) is 8. The molecule has 0 bridgehead atoms. The van der Waals surface area contributed by atoms with Gasteiger partial charge in [-0.15, -0.1) is 0 Å². The molecule has 0 aromatic heterocycles. The topological polar surface area (TPSA) is 203 Å². The van der Waals surface area contributed by atoms with Gasteiger partial charge in [0.15, 0.2) is 6.29 Å². The summed E-state index contributed by atoms with van der Waals surface area (Å²) >= 11 is 0. The van der Waals surface area contributed by atoms with Crippen molar-refractivity contribution >= 4 is 0 Å². The number of nitrogens with two attached hydrogens (primary N) is 4. The fraction of sp³-hybridized carbons (Fsp3) is 1.00. The zero-order valence-electron chi connectivity index (χ0n) is 12.1. The van der Waals surface area contributed by atoms with Gasteiger partial charge in [-0.2, -0.15) is 0 Å². The zero-order chi connectivity index (χ0) is 16.6. The number of hydrogen-bond acceptors (Lipinski definition) is 10. The van der Waals surface area contributed by atoms with Crippen molar-refractivity contribution in [3.63, 3.8) is 0 Å². The largest absolute Gasteiger partial charge is 0.389 e. The molecule has 1 saturated heterocycles. The summed E-state index contributed by atoms with van der Waals surface area (Å²) < 4.78 is 11.0. The molecule has 1 aliphatic carbocycles. The highest BCUT2D eigenvalue weighted by atomic mass is 16.7. The van der Waals surface area contributed by atoms with Gasteiger partial charge in [-0.25, -0.2) is 0 Å². The van der Waals surface area contributed by atoms with Crippen LogP contribution in [0.3, 0.4) is 0 Å².